The Labute approximate surface area is 116 Å². The van der Waals surface area contributed by atoms with Crippen LogP contribution in [-0.2, 0) is 4.74 Å². The van der Waals surface area contributed by atoms with Gasteiger partial charge in [-0.25, -0.2) is 0 Å². The number of methoxy groups -OCH3 is 1. The van der Waals surface area contributed by atoms with E-state index in [1.54, 1.807) is 0 Å². The lowest BCUT2D eigenvalue weighted by molar-refractivity contribution is 0.106. The first-order valence-electron chi connectivity index (χ1n) is 7.28. The molecule has 0 bridgehead atoms. The molecule has 0 saturated carbocycles. The normalized spacial score (nSPS) is 21.7. The number of nitrogens with zero attached hydrogens (tertiary/aromatic N) is 1. The molecule has 0 spiro atoms. The Kier molecular flexibility index (Phi) is 5.37. The zero-order valence-electron chi connectivity index (χ0n) is 12.4. The minimum Gasteiger partial charge on any atom is -0.380 e. The van der Waals surface area contributed by atoms with Crippen molar-refractivity contribution in [2.75, 3.05) is 33.3 Å². The molecule has 19 heavy (non-hydrogen) atoms. The van der Waals surface area contributed by atoms with Crippen LogP contribution in [0.5, 0.6) is 0 Å². The minimum absolute atomic E-state index is 0.416. The summed E-state index contributed by atoms with van der Waals surface area (Å²) >= 11 is 0. The molecule has 1 N–H and O–H groups in total. The van der Waals surface area contributed by atoms with Gasteiger partial charge in [-0.1, -0.05) is 36.8 Å². The number of hydrogen-bond donors (Lipinski definition) is 1. The van der Waals surface area contributed by atoms with Gasteiger partial charge in [0.1, 0.15) is 0 Å². The van der Waals surface area contributed by atoms with Crippen LogP contribution in [0, 0.1) is 6.92 Å². The molecule has 1 fully saturated rings. The molecule has 0 radical (unpaired) electrons. The van der Waals surface area contributed by atoms with Gasteiger partial charge in [0.2, 0.25) is 0 Å². The van der Waals surface area contributed by atoms with Gasteiger partial charge in [-0.05, 0) is 25.5 Å². The van der Waals surface area contributed by atoms with Gasteiger partial charge in [0.15, 0.2) is 0 Å². The van der Waals surface area contributed by atoms with Crippen molar-refractivity contribution in [3.8, 4) is 0 Å². The lowest BCUT2D eigenvalue weighted by atomic mass is 10.0. The van der Waals surface area contributed by atoms with Gasteiger partial charge in [-0.2, -0.15) is 0 Å². The van der Waals surface area contributed by atoms with E-state index < -0.39 is 0 Å². The highest BCUT2D eigenvalue weighted by Crippen LogP contribution is 2.19. The fourth-order valence-electron chi connectivity index (χ4n) is 2.83. The predicted molar refractivity (Wildman–Crippen MR) is 79.5 cm³/mol. The highest BCUT2D eigenvalue weighted by atomic mass is 16.5. The highest BCUT2D eigenvalue weighted by Gasteiger charge is 2.24. The number of benzene rings is 1. The van der Waals surface area contributed by atoms with Crippen molar-refractivity contribution in [3.05, 3.63) is 35.4 Å². The van der Waals surface area contributed by atoms with Crippen LogP contribution in [-0.4, -0.2) is 44.3 Å². The Balaban J connectivity index is 2.00. The van der Waals surface area contributed by atoms with Crippen molar-refractivity contribution in [1.29, 1.82) is 0 Å². The van der Waals surface area contributed by atoms with Gasteiger partial charge in [-0.15, -0.1) is 0 Å². The summed E-state index contributed by atoms with van der Waals surface area (Å²) < 4.78 is 5.45. The second-order valence-corrected chi connectivity index (χ2v) is 5.43. The van der Waals surface area contributed by atoms with Crippen molar-refractivity contribution in [2.45, 2.75) is 32.4 Å². The Bertz CT molecular complexity index is 394. The monoisotopic (exact) mass is 262 g/mol. The van der Waals surface area contributed by atoms with E-state index in [2.05, 4.69) is 48.3 Å². The fraction of sp³-hybridized carbons (Fsp3) is 0.625. The van der Waals surface area contributed by atoms with E-state index in [1.165, 1.54) is 11.1 Å². The Morgan fingerprint density at radius 2 is 2.32 bits per heavy atom. The SMILES string of the molecule is CCNC(CN1CCC(OC)C1)c1cccc(C)c1. The highest BCUT2D eigenvalue weighted by molar-refractivity contribution is 5.25. The Morgan fingerprint density at radius 1 is 1.47 bits per heavy atom. The van der Waals surface area contributed by atoms with Crippen LogP contribution in [0.3, 0.4) is 0 Å². The van der Waals surface area contributed by atoms with Crippen molar-refractivity contribution < 1.29 is 4.74 Å². The standard InChI is InChI=1S/C16H26N2O/c1-4-17-16(14-7-5-6-13(2)10-14)12-18-9-8-15(11-18)19-3/h5-7,10,15-17H,4,8-9,11-12H2,1-3H3. The Morgan fingerprint density at radius 3 is 2.95 bits per heavy atom. The summed E-state index contributed by atoms with van der Waals surface area (Å²) in [5, 5.41) is 3.60. The van der Waals surface area contributed by atoms with Crippen LogP contribution in [0.15, 0.2) is 24.3 Å². The minimum atomic E-state index is 0.416. The fourth-order valence-corrected chi connectivity index (χ4v) is 2.83. The van der Waals surface area contributed by atoms with Crippen LogP contribution in [0.2, 0.25) is 0 Å². The first kappa shape index (κ1) is 14.5. The summed E-state index contributed by atoms with van der Waals surface area (Å²) in [7, 11) is 1.82. The largest absolute Gasteiger partial charge is 0.380 e. The molecule has 3 heteroatoms. The van der Waals surface area contributed by atoms with E-state index >= 15 is 0 Å². The summed E-state index contributed by atoms with van der Waals surface area (Å²) in [5.74, 6) is 0. The average Bonchev–Trinajstić information content (AvgIpc) is 2.86. The third-order valence-corrected chi connectivity index (χ3v) is 3.90. The van der Waals surface area contributed by atoms with Gasteiger partial charge in [0.25, 0.3) is 0 Å². The van der Waals surface area contributed by atoms with Gasteiger partial charge in [-0.3, -0.25) is 4.90 Å². The second-order valence-electron chi connectivity index (χ2n) is 5.43. The second kappa shape index (κ2) is 7.04. The number of nitrogens with one attached hydrogen (secondary N) is 1. The van der Waals surface area contributed by atoms with Crippen molar-refractivity contribution in [1.82, 2.24) is 10.2 Å². The topological polar surface area (TPSA) is 24.5 Å². The quantitative estimate of drug-likeness (QED) is 0.852. The number of rotatable bonds is 6. The van der Waals surface area contributed by atoms with E-state index in [4.69, 9.17) is 4.74 Å². The average molecular weight is 262 g/mol. The smallest absolute Gasteiger partial charge is 0.0710 e. The maximum atomic E-state index is 5.45. The first-order valence-corrected chi connectivity index (χ1v) is 7.28. The third kappa shape index (κ3) is 4.03. The number of hydrogen-bond acceptors (Lipinski definition) is 3. The van der Waals surface area contributed by atoms with E-state index in [9.17, 15) is 0 Å². The lowest BCUT2D eigenvalue weighted by Gasteiger charge is -2.25. The molecule has 1 aliphatic heterocycles. The molecule has 2 unspecified atom stereocenters. The van der Waals surface area contributed by atoms with Gasteiger partial charge >= 0.3 is 0 Å². The number of aryl methyl sites for hydroxylation is 1. The molecule has 1 heterocycles. The number of likely N-dealkylation sites (tertiary alicyclic amines) is 1. The third-order valence-electron chi connectivity index (χ3n) is 3.90. The van der Waals surface area contributed by atoms with Crippen LogP contribution in [0.1, 0.15) is 30.5 Å². The predicted octanol–water partition coefficient (Wildman–Crippen LogP) is 2.37. The summed E-state index contributed by atoms with van der Waals surface area (Å²) in [6, 6.07) is 9.24. The molecule has 1 saturated heterocycles. The number of likely N-dealkylation sites (N-methyl/N-ethyl adjacent to an activating group) is 1. The molecule has 0 aliphatic carbocycles. The van der Waals surface area contributed by atoms with E-state index in [0.717, 1.165) is 32.6 Å². The van der Waals surface area contributed by atoms with Gasteiger partial charge in [0, 0.05) is 32.8 Å². The van der Waals surface area contributed by atoms with Crippen molar-refractivity contribution in [2.24, 2.45) is 0 Å². The zero-order chi connectivity index (χ0) is 13.7. The summed E-state index contributed by atoms with van der Waals surface area (Å²) in [5.41, 5.74) is 2.72. The van der Waals surface area contributed by atoms with Crippen LogP contribution >= 0.6 is 0 Å². The summed E-state index contributed by atoms with van der Waals surface area (Å²) in [6.45, 7) is 8.60. The summed E-state index contributed by atoms with van der Waals surface area (Å²) in [6.07, 6.45) is 1.57. The summed E-state index contributed by atoms with van der Waals surface area (Å²) in [4.78, 5) is 2.50. The molecule has 106 valence electrons. The molecule has 1 aromatic rings. The first-order chi connectivity index (χ1) is 9.22. The van der Waals surface area contributed by atoms with Crippen LogP contribution in [0.25, 0.3) is 0 Å². The van der Waals surface area contributed by atoms with Gasteiger partial charge in [0.05, 0.1) is 6.10 Å². The molecular weight excluding hydrogens is 236 g/mol. The molecule has 2 rings (SSSR count). The molecule has 1 aromatic carbocycles. The maximum absolute atomic E-state index is 5.45. The molecule has 2 atom stereocenters. The Hall–Kier alpha value is -0.900. The van der Waals surface area contributed by atoms with Crippen molar-refractivity contribution >= 4 is 0 Å². The van der Waals surface area contributed by atoms with E-state index in [0.29, 0.717) is 12.1 Å². The van der Waals surface area contributed by atoms with E-state index in [-0.39, 0.29) is 0 Å². The molecule has 0 aromatic heterocycles. The van der Waals surface area contributed by atoms with Crippen LogP contribution < -0.4 is 5.32 Å². The zero-order valence-corrected chi connectivity index (χ0v) is 12.4. The molecule has 3 nitrogen and oxygen atoms in total. The lowest BCUT2D eigenvalue weighted by Crippen LogP contribution is -2.34. The molecule has 1 aliphatic rings. The van der Waals surface area contributed by atoms with Gasteiger partial charge < -0.3 is 10.1 Å². The van der Waals surface area contributed by atoms with E-state index in [1.807, 2.05) is 7.11 Å². The maximum Gasteiger partial charge on any atom is 0.0710 e. The number of ether oxygens (including phenoxy) is 1. The molecular formula is C16H26N2O. The van der Waals surface area contributed by atoms with Crippen LogP contribution in [0.4, 0.5) is 0 Å². The van der Waals surface area contributed by atoms with Crippen molar-refractivity contribution in [3.63, 3.8) is 0 Å². The molecule has 0 amide bonds.